The minimum Gasteiger partial charge on any atom is -0.399 e. The van der Waals surface area contributed by atoms with Gasteiger partial charge in [-0.15, -0.1) is 0 Å². The van der Waals surface area contributed by atoms with Crippen LogP contribution in [0.1, 0.15) is 15.9 Å². The van der Waals surface area contributed by atoms with Crippen LogP contribution in [0.4, 0.5) is 14.5 Å². The smallest absolute Gasteiger partial charge is 0.254 e. The first-order valence-corrected chi connectivity index (χ1v) is 6.50. The van der Waals surface area contributed by atoms with E-state index in [1.807, 2.05) is 0 Å². The van der Waals surface area contributed by atoms with E-state index >= 15 is 0 Å². The topological polar surface area (TPSA) is 46.3 Å². The van der Waals surface area contributed by atoms with E-state index in [1.54, 1.807) is 25.2 Å². The Labute approximate surface area is 125 Å². The van der Waals surface area contributed by atoms with Gasteiger partial charge in [-0.05, 0) is 42.0 Å². The molecule has 1 amide bonds. The van der Waals surface area contributed by atoms with Gasteiger partial charge in [0, 0.05) is 29.9 Å². The second-order valence-corrected chi connectivity index (χ2v) is 5.05. The first-order chi connectivity index (χ1) is 9.88. The van der Waals surface area contributed by atoms with Crippen LogP contribution in [0.3, 0.4) is 0 Å². The zero-order valence-corrected chi connectivity index (χ0v) is 12.0. The van der Waals surface area contributed by atoms with Gasteiger partial charge in [0.05, 0.1) is 0 Å². The van der Waals surface area contributed by atoms with Crippen molar-refractivity contribution in [1.82, 2.24) is 4.90 Å². The van der Waals surface area contributed by atoms with Gasteiger partial charge in [-0.1, -0.05) is 11.6 Å². The molecule has 0 saturated heterocycles. The monoisotopic (exact) mass is 310 g/mol. The molecule has 0 aliphatic rings. The number of benzene rings is 2. The van der Waals surface area contributed by atoms with Crippen LogP contribution < -0.4 is 5.73 Å². The molecular weight excluding hydrogens is 298 g/mol. The molecule has 0 spiro atoms. The van der Waals surface area contributed by atoms with E-state index < -0.39 is 17.5 Å². The second kappa shape index (κ2) is 6.10. The molecule has 2 aromatic carbocycles. The molecule has 0 aromatic heterocycles. The van der Waals surface area contributed by atoms with E-state index in [2.05, 4.69) is 0 Å². The fourth-order valence-corrected chi connectivity index (χ4v) is 2.07. The molecule has 0 radical (unpaired) electrons. The number of nitrogen functional groups attached to an aromatic ring is 1. The quantitative estimate of drug-likeness (QED) is 0.882. The molecule has 21 heavy (non-hydrogen) atoms. The van der Waals surface area contributed by atoms with E-state index in [9.17, 15) is 13.6 Å². The van der Waals surface area contributed by atoms with E-state index in [0.717, 1.165) is 12.1 Å². The number of nitrogens with two attached hydrogens (primary N) is 1. The Morgan fingerprint density at radius 1 is 1.19 bits per heavy atom. The Bertz CT molecular complexity index is 691. The highest BCUT2D eigenvalue weighted by Gasteiger charge is 2.15. The number of hydrogen-bond donors (Lipinski definition) is 1. The lowest BCUT2D eigenvalue weighted by Crippen LogP contribution is -2.26. The van der Waals surface area contributed by atoms with Crippen LogP contribution in [0.15, 0.2) is 36.4 Å². The first-order valence-electron chi connectivity index (χ1n) is 6.13. The van der Waals surface area contributed by atoms with Crippen molar-refractivity contribution >= 4 is 23.2 Å². The van der Waals surface area contributed by atoms with Crippen molar-refractivity contribution in [3.8, 4) is 0 Å². The van der Waals surface area contributed by atoms with Crippen LogP contribution in [-0.4, -0.2) is 17.9 Å². The molecule has 0 aliphatic carbocycles. The highest BCUT2D eigenvalue weighted by atomic mass is 35.5. The summed E-state index contributed by atoms with van der Waals surface area (Å²) in [5.74, 6) is -2.49. The Hall–Kier alpha value is -2.14. The van der Waals surface area contributed by atoms with Gasteiger partial charge in [0.25, 0.3) is 5.91 Å². The van der Waals surface area contributed by atoms with Gasteiger partial charge < -0.3 is 10.6 Å². The largest absolute Gasteiger partial charge is 0.399 e. The number of hydrogen-bond acceptors (Lipinski definition) is 2. The van der Waals surface area contributed by atoms with Crippen molar-refractivity contribution in [1.29, 1.82) is 0 Å². The van der Waals surface area contributed by atoms with Gasteiger partial charge in [-0.2, -0.15) is 0 Å². The molecule has 0 fully saturated rings. The van der Waals surface area contributed by atoms with Crippen LogP contribution in [-0.2, 0) is 6.54 Å². The first kappa shape index (κ1) is 15.3. The Morgan fingerprint density at radius 2 is 1.90 bits per heavy atom. The van der Waals surface area contributed by atoms with Crippen molar-refractivity contribution in [3.63, 3.8) is 0 Å². The van der Waals surface area contributed by atoms with Gasteiger partial charge in [-0.25, -0.2) is 8.78 Å². The summed E-state index contributed by atoms with van der Waals surface area (Å²) in [6, 6.07) is 7.99. The molecule has 2 aromatic rings. The Balaban J connectivity index is 2.19. The van der Waals surface area contributed by atoms with Crippen molar-refractivity contribution in [2.45, 2.75) is 6.54 Å². The number of anilines is 1. The molecule has 6 heteroatoms. The summed E-state index contributed by atoms with van der Waals surface area (Å²) in [6.45, 7) is 0.210. The predicted octanol–water partition coefficient (Wildman–Crippen LogP) is 3.47. The molecule has 110 valence electrons. The van der Waals surface area contributed by atoms with Crippen molar-refractivity contribution < 1.29 is 13.6 Å². The van der Waals surface area contributed by atoms with Crippen LogP contribution in [0.2, 0.25) is 5.02 Å². The summed E-state index contributed by atoms with van der Waals surface area (Å²) in [4.78, 5) is 13.5. The van der Waals surface area contributed by atoms with E-state index in [-0.39, 0.29) is 12.1 Å². The number of nitrogens with zero attached hydrogens (tertiary/aromatic N) is 1. The maximum Gasteiger partial charge on any atom is 0.254 e. The summed E-state index contributed by atoms with van der Waals surface area (Å²) >= 11 is 6.03. The maximum absolute atomic E-state index is 13.2. The summed E-state index contributed by atoms with van der Waals surface area (Å²) in [5.41, 5.74) is 6.95. The van der Waals surface area contributed by atoms with Crippen LogP contribution in [0.25, 0.3) is 0 Å². The molecule has 2 rings (SSSR count). The molecule has 2 N–H and O–H groups in total. The van der Waals surface area contributed by atoms with Gasteiger partial charge >= 0.3 is 0 Å². The molecule has 0 unspecified atom stereocenters. The lowest BCUT2D eigenvalue weighted by atomic mass is 10.1. The van der Waals surface area contributed by atoms with E-state index in [4.69, 9.17) is 17.3 Å². The Kier molecular flexibility index (Phi) is 4.43. The van der Waals surface area contributed by atoms with Crippen LogP contribution in [0, 0.1) is 11.6 Å². The number of carbonyl (C=O) groups is 1. The highest BCUT2D eigenvalue weighted by molar-refractivity contribution is 6.31. The van der Waals surface area contributed by atoms with E-state index in [0.29, 0.717) is 16.3 Å². The van der Waals surface area contributed by atoms with Crippen LogP contribution in [0.5, 0.6) is 0 Å². The molecule has 3 nitrogen and oxygen atoms in total. The molecule has 0 aliphatic heterocycles. The molecular formula is C15H13ClF2N2O. The number of carbonyl (C=O) groups excluding carboxylic acids is 1. The fraction of sp³-hybridized carbons (Fsp3) is 0.133. The average molecular weight is 311 g/mol. The molecule has 0 saturated carbocycles. The van der Waals surface area contributed by atoms with Crippen molar-refractivity contribution in [3.05, 3.63) is 64.2 Å². The van der Waals surface area contributed by atoms with Gasteiger partial charge in [-0.3, -0.25) is 4.79 Å². The predicted molar refractivity (Wildman–Crippen MR) is 78.0 cm³/mol. The minimum atomic E-state index is -1.06. The second-order valence-electron chi connectivity index (χ2n) is 4.64. The number of halogens is 3. The number of rotatable bonds is 3. The van der Waals surface area contributed by atoms with Crippen molar-refractivity contribution in [2.75, 3.05) is 12.8 Å². The third kappa shape index (κ3) is 3.49. The zero-order chi connectivity index (χ0) is 15.6. The van der Waals surface area contributed by atoms with E-state index in [1.165, 1.54) is 11.0 Å². The standard InChI is InChI=1S/C15H13ClF2N2O/c1-20(8-10-6-11(19)3-4-12(10)16)15(21)9-2-5-13(17)14(18)7-9/h2-7H,8,19H2,1H3. The van der Waals surface area contributed by atoms with Gasteiger partial charge in [0.15, 0.2) is 11.6 Å². The highest BCUT2D eigenvalue weighted by Crippen LogP contribution is 2.21. The third-order valence-corrected chi connectivity index (χ3v) is 3.36. The minimum absolute atomic E-state index is 0.0661. The lowest BCUT2D eigenvalue weighted by molar-refractivity contribution is 0.0784. The maximum atomic E-state index is 13.2. The molecule has 0 heterocycles. The molecule has 0 atom stereocenters. The molecule has 0 bridgehead atoms. The average Bonchev–Trinajstić information content (AvgIpc) is 2.45. The number of amides is 1. The normalized spacial score (nSPS) is 10.5. The summed E-state index contributed by atoms with van der Waals surface area (Å²) in [5, 5.41) is 0.481. The zero-order valence-electron chi connectivity index (χ0n) is 11.2. The summed E-state index contributed by atoms with van der Waals surface area (Å²) < 4.78 is 26.0. The van der Waals surface area contributed by atoms with Gasteiger partial charge in [0.1, 0.15) is 0 Å². The fourth-order valence-electron chi connectivity index (χ4n) is 1.89. The third-order valence-electron chi connectivity index (χ3n) is 2.99. The van der Waals surface area contributed by atoms with Gasteiger partial charge in [0.2, 0.25) is 0 Å². The summed E-state index contributed by atoms with van der Waals surface area (Å²) in [6.07, 6.45) is 0. The van der Waals surface area contributed by atoms with Crippen molar-refractivity contribution in [2.24, 2.45) is 0 Å². The Morgan fingerprint density at radius 3 is 2.57 bits per heavy atom. The summed E-state index contributed by atoms with van der Waals surface area (Å²) in [7, 11) is 1.54. The van der Waals surface area contributed by atoms with Crippen LogP contribution >= 0.6 is 11.6 Å². The SMILES string of the molecule is CN(Cc1cc(N)ccc1Cl)C(=O)c1ccc(F)c(F)c1. The lowest BCUT2D eigenvalue weighted by Gasteiger charge is -2.18.